The molecule has 1 aromatic heterocycles. The summed E-state index contributed by atoms with van der Waals surface area (Å²) in [7, 11) is 0. The van der Waals surface area contributed by atoms with E-state index in [-0.39, 0.29) is 5.82 Å². The second-order valence-electron chi connectivity index (χ2n) is 7.75. The molecule has 3 heterocycles. The molecule has 1 N–H and O–H groups in total. The molecular weight excluding hydrogens is 383 g/mol. The van der Waals surface area contributed by atoms with Crippen molar-refractivity contribution in [3.8, 4) is 5.69 Å². The van der Waals surface area contributed by atoms with E-state index < -0.39 is 0 Å². The lowest BCUT2D eigenvalue weighted by atomic mass is 10.2. The van der Waals surface area contributed by atoms with Crippen LogP contribution in [-0.4, -0.2) is 84.1 Å². The van der Waals surface area contributed by atoms with E-state index in [9.17, 15) is 4.39 Å². The van der Waals surface area contributed by atoms with Crippen LogP contribution in [0.4, 0.5) is 4.39 Å². The number of hydrogen-bond donors (Lipinski definition) is 1. The quantitative estimate of drug-likeness (QED) is 0.578. The summed E-state index contributed by atoms with van der Waals surface area (Å²) in [6, 6.07) is 8.94. The van der Waals surface area contributed by atoms with Gasteiger partial charge in [0.15, 0.2) is 5.96 Å². The Hall–Kier alpha value is -2.45. The van der Waals surface area contributed by atoms with Crippen LogP contribution in [0.5, 0.6) is 0 Å². The number of guanidine groups is 1. The number of ether oxygens (including phenoxy) is 1. The monoisotopic (exact) mass is 414 g/mol. The zero-order chi connectivity index (χ0) is 20.8. The summed E-state index contributed by atoms with van der Waals surface area (Å²) in [5, 5.41) is 8.04. The minimum atomic E-state index is -0.241. The molecule has 30 heavy (non-hydrogen) atoms. The topological polar surface area (TPSA) is 57.9 Å². The van der Waals surface area contributed by atoms with Gasteiger partial charge >= 0.3 is 0 Å². The summed E-state index contributed by atoms with van der Waals surface area (Å²) in [6.45, 7) is 9.45. The van der Waals surface area contributed by atoms with E-state index in [4.69, 9.17) is 9.73 Å². The maximum absolute atomic E-state index is 13.1. The van der Waals surface area contributed by atoms with Gasteiger partial charge in [-0.2, -0.15) is 5.10 Å². The van der Waals surface area contributed by atoms with Crippen LogP contribution in [-0.2, 0) is 11.2 Å². The molecule has 8 heteroatoms. The van der Waals surface area contributed by atoms with Crippen LogP contribution in [0.3, 0.4) is 0 Å². The van der Waals surface area contributed by atoms with Gasteiger partial charge in [0.25, 0.3) is 0 Å². The molecule has 2 aromatic rings. The second-order valence-corrected chi connectivity index (χ2v) is 7.75. The van der Waals surface area contributed by atoms with Gasteiger partial charge in [-0.05, 0) is 43.7 Å². The van der Waals surface area contributed by atoms with Crippen molar-refractivity contribution in [1.82, 2.24) is 24.9 Å². The average molecular weight is 415 g/mol. The Kier molecular flexibility index (Phi) is 6.96. The largest absolute Gasteiger partial charge is 0.379 e. The first-order chi connectivity index (χ1) is 14.7. The SMILES string of the molecule is CCNC(=NCCc1ccn(-c2ccc(F)cc2)n1)N1CCC(N2CCOCC2)C1. The molecule has 1 atom stereocenters. The zero-order valence-electron chi connectivity index (χ0n) is 17.6. The fourth-order valence-electron chi connectivity index (χ4n) is 4.11. The summed E-state index contributed by atoms with van der Waals surface area (Å²) in [6.07, 6.45) is 3.85. The normalized spacial score (nSPS) is 20.7. The summed E-state index contributed by atoms with van der Waals surface area (Å²) in [5.74, 6) is 0.750. The minimum Gasteiger partial charge on any atom is -0.379 e. The Balaban J connectivity index is 1.33. The lowest BCUT2D eigenvalue weighted by Gasteiger charge is -2.32. The van der Waals surface area contributed by atoms with E-state index in [0.717, 1.165) is 69.7 Å². The van der Waals surface area contributed by atoms with Crippen molar-refractivity contribution in [2.45, 2.75) is 25.8 Å². The summed E-state index contributed by atoms with van der Waals surface area (Å²) >= 11 is 0. The van der Waals surface area contributed by atoms with Crippen molar-refractivity contribution < 1.29 is 9.13 Å². The van der Waals surface area contributed by atoms with Crippen molar-refractivity contribution in [1.29, 1.82) is 0 Å². The third-order valence-electron chi connectivity index (χ3n) is 5.72. The maximum atomic E-state index is 13.1. The highest BCUT2D eigenvalue weighted by Gasteiger charge is 2.30. The predicted molar refractivity (Wildman–Crippen MR) is 116 cm³/mol. The number of likely N-dealkylation sites (tertiary alicyclic amines) is 1. The number of aliphatic imine (C=N–C) groups is 1. The molecule has 4 rings (SSSR count). The van der Waals surface area contributed by atoms with Gasteiger partial charge in [-0.3, -0.25) is 9.89 Å². The second kappa shape index (κ2) is 10.0. The van der Waals surface area contributed by atoms with Crippen molar-refractivity contribution >= 4 is 5.96 Å². The van der Waals surface area contributed by atoms with Crippen molar-refractivity contribution in [3.05, 3.63) is 48.0 Å². The molecule has 2 saturated heterocycles. The molecule has 2 aliphatic heterocycles. The number of halogens is 1. The van der Waals surface area contributed by atoms with Gasteiger partial charge in [0.1, 0.15) is 5.82 Å². The number of nitrogens with zero attached hydrogens (tertiary/aromatic N) is 5. The molecule has 2 fully saturated rings. The van der Waals surface area contributed by atoms with E-state index in [0.29, 0.717) is 12.6 Å². The molecule has 0 bridgehead atoms. The van der Waals surface area contributed by atoms with E-state index in [1.807, 2.05) is 12.3 Å². The molecule has 0 spiro atoms. The van der Waals surface area contributed by atoms with E-state index in [1.165, 1.54) is 18.6 Å². The molecule has 0 radical (unpaired) electrons. The van der Waals surface area contributed by atoms with Crippen LogP contribution in [0.25, 0.3) is 5.69 Å². The highest BCUT2D eigenvalue weighted by molar-refractivity contribution is 5.80. The molecular formula is C22H31FN6O. The van der Waals surface area contributed by atoms with Gasteiger partial charge in [-0.1, -0.05) is 0 Å². The van der Waals surface area contributed by atoms with E-state index in [1.54, 1.807) is 16.8 Å². The molecule has 2 aliphatic rings. The van der Waals surface area contributed by atoms with Crippen LogP contribution in [0, 0.1) is 5.82 Å². The van der Waals surface area contributed by atoms with Crippen LogP contribution in [0.2, 0.25) is 0 Å². The lowest BCUT2D eigenvalue weighted by Crippen LogP contribution is -2.46. The summed E-state index contributed by atoms with van der Waals surface area (Å²) in [4.78, 5) is 9.78. The third-order valence-corrected chi connectivity index (χ3v) is 5.72. The molecule has 0 saturated carbocycles. The average Bonchev–Trinajstić information content (AvgIpc) is 3.45. The fourth-order valence-corrected chi connectivity index (χ4v) is 4.11. The number of morpholine rings is 1. The van der Waals surface area contributed by atoms with Crippen LogP contribution >= 0.6 is 0 Å². The number of nitrogens with one attached hydrogen (secondary N) is 1. The van der Waals surface area contributed by atoms with Crippen LogP contribution in [0.15, 0.2) is 41.5 Å². The molecule has 1 unspecified atom stereocenters. The van der Waals surface area contributed by atoms with Gasteiger partial charge in [0.2, 0.25) is 0 Å². The van der Waals surface area contributed by atoms with Gasteiger partial charge in [-0.15, -0.1) is 0 Å². The van der Waals surface area contributed by atoms with Crippen molar-refractivity contribution in [2.24, 2.45) is 4.99 Å². The van der Waals surface area contributed by atoms with Crippen LogP contribution < -0.4 is 5.32 Å². The summed E-state index contributed by atoms with van der Waals surface area (Å²) < 4.78 is 20.4. The van der Waals surface area contributed by atoms with Gasteiger partial charge in [0, 0.05) is 57.9 Å². The molecule has 162 valence electrons. The summed E-state index contributed by atoms with van der Waals surface area (Å²) in [5.41, 5.74) is 1.83. The Labute approximate surface area is 177 Å². The Morgan fingerprint density at radius 2 is 2.00 bits per heavy atom. The minimum absolute atomic E-state index is 0.241. The highest BCUT2D eigenvalue weighted by atomic mass is 19.1. The van der Waals surface area contributed by atoms with Gasteiger partial charge in [-0.25, -0.2) is 9.07 Å². The third kappa shape index (κ3) is 5.17. The standard InChI is InChI=1S/C22H31FN6O/c1-2-24-22(28-11-9-21(17-28)27-13-15-30-16-14-27)25-10-7-19-8-12-29(26-19)20-5-3-18(23)4-6-20/h3-6,8,12,21H,2,7,9-11,13-17H2,1H3,(H,24,25). The number of hydrogen-bond acceptors (Lipinski definition) is 4. The first-order valence-electron chi connectivity index (χ1n) is 10.9. The Morgan fingerprint density at radius 3 is 2.77 bits per heavy atom. The van der Waals surface area contributed by atoms with Crippen molar-refractivity contribution in [2.75, 3.05) is 52.5 Å². The Bertz CT molecular complexity index is 830. The molecule has 0 aliphatic carbocycles. The van der Waals surface area contributed by atoms with Crippen molar-refractivity contribution in [3.63, 3.8) is 0 Å². The number of rotatable bonds is 6. The Morgan fingerprint density at radius 1 is 1.20 bits per heavy atom. The lowest BCUT2D eigenvalue weighted by molar-refractivity contribution is 0.0195. The fraction of sp³-hybridized carbons (Fsp3) is 0.545. The van der Waals surface area contributed by atoms with Crippen LogP contribution in [0.1, 0.15) is 19.0 Å². The van der Waals surface area contributed by atoms with E-state index in [2.05, 4.69) is 27.1 Å². The predicted octanol–water partition coefficient (Wildman–Crippen LogP) is 1.93. The van der Waals surface area contributed by atoms with E-state index >= 15 is 0 Å². The number of benzene rings is 1. The first-order valence-corrected chi connectivity index (χ1v) is 10.9. The number of aromatic nitrogens is 2. The molecule has 1 aromatic carbocycles. The molecule has 7 nitrogen and oxygen atoms in total. The van der Waals surface area contributed by atoms with Gasteiger partial charge < -0.3 is 15.0 Å². The van der Waals surface area contributed by atoms with Gasteiger partial charge in [0.05, 0.1) is 24.6 Å². The zero-order valence-corrected chi connectivity index (χ0v) is 17.6. The smallest absolute Gasteiger partial charge is 0.193 e. The molecule has 0 amide bonds. The first kappa shape index (κ1) is 20.8. The highest BCUT2D eigenvalue weighted by Crippen LogP contribution is 2.17. The maximum Gasteiger partial charge on any atom is 0.193 e.